The minimum Gasteiger partial charge on any atom is -0.207 e. The van der Waals surface area contributed by atoms with Crippen molar-refractivity contribution in [3.63, 3.8) is 0 Å². The van der Waals surface area contributed by atoms with Gasteiger partial charge in [0.15, 0.2) is 0 Å². The monoisotopic (exact) mass is 361 g/mol. The fourth-order valence-electron chi connectivity index (χ4n) is 1.34. The van der Waals surface area contributed by atoms with Crippen LogP contribution in [0, 0.1) is 0 Å². The van der Waals surface area contributed by atoms with Gasteiger partial charge in [0.25, 0.3) is 0 Å². The highest BCUT2D eigenvalue weighted by atomic mass is 79.9. The highest BCUT2D eigenvalue weighted by Gasteiger charge is 2.32. The van der Waals surface area contributed by atoms with Gasteiger partial charge in [0.1, 0.15) is 13.6 Å². The van der Waals surface area contributed by atoms with E-state index in [1.54, 1.807) is 12.2 Å². The molecule has 1 aromatic heterocycles. The molecule has 0 unspecified atom stereocenters. The summed E-state index contributed by atoms with van der Waals surface area (Å²) >= 11 is 15.9. The average Bonchev–Trinajstić information content (AvgIpc) is 2.76. The second-order valence-corrected chi connectivity index (χ2v) is 7.98. The molecule has 2 rings (SSSR count). The summed E-state index contributed by atoms with van der Waals surface area (Å²) in [5.41, 5.74) is 0. The third-order valence-corrected chi connectivity index (χ3v) is 7.41. The van der Waals surface area contributed by atoms with E-state index >= 15 is 0 Å². The Morgan fingerprint density at radius 2 is 1.81 bits per heavy atom. The van der Waals surface area contributed by atoms with Crippen LogP contribution in [-0.4, -0.2) is 25.8 Å². The molecular formula is C8H6BrCl2NO2S2. The number of hydrogen-bond acceptors (Lipinski definition) is 3. The van der Waals surface area contributed by atoms with E-state index in [0.29, 0.717) is 21.9 Å². The van der Waals surface area contributed by atoms with Gasteiger partial charge in [-0.25, -0.2) is 8.42 Å². The zero-order chi connectivity index (χ0) is 11.9. The van der Waals surface area contributed by atoms with Crippen molar-refractivity contribution in [1.29, 1.82) is 0 Å². The van der Waals surface area contributed by atoms with Crippen LogP contribution < -0.4 is 0 Å². The Hall–Kier alpha value is 0.410. The molecule has 0 saturated heterocycles. The molecule has 1 aromatic rings. The minimum atomic E-state index is -3.56. The van der Waals surface area contributed by atoms with Crippen molar-refractivity contribution in [3.05, 3.63) is 25.3 Å². The molecule has 0 saturated carbocycles. The highest BCUT2D eigenvalue weighted by molar-refractivity contribution is 9.10. The lowest BCUT2D eigenvalue weighted by molar-refractivity contribution is 0.488. The van der Waals surface area contributed by atoms with Gasteiger partial charge in [0.2, 0.25) is 10.0 Å². The van der Waals surface area contributed by atoms with E-state index in [1.165, 1.54) is 4.31 Å². The highest BCUT2D eigenvalue weighted by Crippen LogP contribution is 2.44. The Bertz CT molecular complexity index is 545. The summed E-state index contributed by atoms with van der Waals surface area (Å²) in [6.45, 7) is 0.747. The maximum Gasteiger partial charge on any atom is 0.247 e. The van der Waals surface area contributed by atoms with Gasteiger partial charge >= 0.3 is 0 Å². The van der Waals surface area contributed by atoms with Crippen molar-refractivity contribution < 1.29 is 8.42 Å². The molecule has 88 valence electrons. The van der Waals surface area contributed by atoms with Crippen LogP contribution in [0.4, 0.5) is 0 Å². The van der Waals surface area contributed by atoms with Gasteiger partial charge in [-0.15, -0.1) is 11.3 Å². The first-order valence-corrected chi connectivity index (χ1v) is 8.03. The minimum absolute atomic E-state index is 0.0628. The fourth-order valence-corrected chi connectivity index (χ4v) is 6.17. The number of sulfonamides is 1. The first-order valence-electron chi connectivity index (χ1n) is 4.23. The van der Waals surface area contributed by atoms with Gasteiger partial charge in [-0.2, -0.15) is 4.31 Å². The van der Waals surface area contributed by atoms with Gasteiger partial charge in [0, 0.05) is 13.1 Å². The standard InChI is InChI=1S/C8H6BrCl2NO2S2/c9-5-6(8(11)15-7(5)10)16(13,14)12-3-1-2-4-12/h1-2H,3-4H2. The zero-order valence-electron chi connectivity index (χ0n) is 7.78. The van der Waals surface area contributed by atoms with Gasteiger partial charge in [-0.05, 0) is 15.9 Å². The predicted octanol–water partition coefficient (Wildman–Crippen LogP) is 3.38. The molecule has 0 spiro atoms. The second kappa shape index (κ2) is 4.59. The lowest BCUT2D eigenvalue weighted by atomic mass is 10.6. The van der Waals surface area contributed by atoms with Crippen molar-refractivity contribution in [2.75, 3.05) is 13.1 Å². The lowest BCUT2D eigenvalue weighted by Gasteiger charge is -2.15. The molecule has 0 amide bonds. The molecule has 1 aliphatic heterocycles. The summed E-state index contributed by atoms with van der Waals surface area (Å²) in [6.07, 6.45) is 3.60. The lowest BCUT2D eigenvalue weighted by Crippen LogP contribution is -2.28. The van der Waals surface area contributed by atoms with E-state index in [4.69, 9.17) is 23.2 Å². The van der Waals surface area contributed by atoms with Gasteiger partial charge in [-0.3, -0.25) is 0 Å². The molecule has 3 nitrogen and oxygen atoms in total. The van der Waals surface area contributed by atoms with Crippen LogP contribution in [0.25, 0.3) is 0 Å². The van der Waals surface area contributed by atoms with E-state index in [2.05, 4.69) is 15.9 Å². The van der Waals surface area contributed by atoms with E-state index in [0.717, 1.165) is 11.3 Å². The van der Waals surface area contributed by atoms with Crippen molar-refractivity contribution >= 4 is 60.5 Å². The first-order chi connectivity index (χ1) is 7.44. The van der Waals surface area contributed by atoms with Crippen LogP contribution in [0.1, 0.15) is 0 Å². The molecular weight excluding hydrogens is 357 g/mol. The molecule has 0 N–H and O–H groups in total. The summed E-state index contributed by atoms with van der Waals surface area (Å²) in [7, 11) is -3.56. The molecule has 0 fully saturated rings. The SMILES string of the molecule is O=S(=O)(c1c(Cl)sc(Cl)c1Br)N1CC=CC1. The molecule has 0 aromatic carbocycles. The summed E-state index contributed by atoms with van der Waals surface area (Å²) < 4.78 is 26.6. The predicted molar refractivity (Wildman–Crippen MR) is 69.9 cm³/mol. The van der Waals surface area contributed by atoms with Crippen molar-refractivity contribution in [1.82, 2.24) is 4.31 Å². The van der Waals surface area contributed by atoms with Gasteiger partial charge < -0.3 is 0 Å². The molecule has 2 heterocycles. The van der Waals surface area contributed by atoms with E-state index in [1.807, 2.05) is 0 Å². The van der Waals surface area contributed by atoms with E-state index < -0.39 is 10.0 Å². The van der Waals surface area contributed by atoms with Crippen molar-refractivity contribution in [3.8, 4) is 0 Å². The van der Waals surface area contributed by atoms with Crippen LogP contribution in [-0.2, 0) is 10.0 Å². The average molecular weight is 363 g/mol. The topological polar surface area (TPSA) is 37.4 Å². The molecule has 0 atom stereocenters. The van der Waals surface area contributed by atoms with Crippen LogP contribution in [0.3, 0.4) is 0 Å². The zero-order valence-corrected chi connectivity index (χ0v) is 12.5. The van der Waals surface area contributed by atoms with E-state index in [-0.39, 0.29) is 9.23 Å². The molecule has 8 heteroatoms. The Balaban J connectivity index is 2.51. The Morgan fingerprint density at radius 1 is 1.25 bits per heavy atom. The maximum absolute atomic E-state index is 12.2. The summed E-state index contributed by atoms with van der Waals surface area (Å²) in [5, 5.41) is 0. The first kappa shape index (κ1) is 12.9. The number of halogens is 3. The van der Waals surface area contributed by atoms with Crippen molar-refractivity contribution in [2.24, 2.45) is 0 Å². The quantitative estimate of drug-likeness (QED) is 0.756. The molecule has 0 bridgehead atoms. The van der Waals surface area contributed by atoms with Gasteiger partial charge in [-0.1, -0.05) is 35.4 Å². The van der Waals surface area contributed by atoms with Gasteiger partial charge in [0.05, 0.1) is 4.47 Å². The third kappa shape index (κ3) is 2.07. The Kier molecular flexibility index (Phi) is 3.69. The summed E-state index contributed by atoms with van der Waals surface area (Å²) in [5.74, 6) is 0. The number of rotatable bonds is 2. The van der Waals surface area contributed by atoms with Crippen LogP contribution in [0.2, 0.25) is 8.67 Å². The second-order valence-electron chi connectivity index (χ2n) is 3.09. The number of thiophene rings is 1. The Labute approximate surface area is 116 Å². The number of hydrogen-bond donors (Lipinski definition) is 0. The smallest absolute Gasteiger partial charge is 0.207 e. The molecule has 16 heavy (non-hydrogen) atoms. The number of nitrogens with zero attached hydrogens (tertiary/aromatic N) is 1. The van der Waals surface area contributed by atoms with E-state index in [9.17, 15) is 8.42 Å². The summed E-state index contributed by atoms with van der Waals surface area (Å²) in [6, 6.07) is 0. The maximum atomic E-state index is 12.2. The fraction of sp³-hybridized carbons (Fsp3) is 0.250. The molecule has 0 radical (unpaired) electrons. The third-order valence-electron chi connectivity index (χ3n) is 2.11. The Morgan fingerprint density at radius 3 is 2.25 bits per heavy atom. The van der Waals surface area contributed by atoms with Crippen molar-refractivity contribution in [2.45, 2.75) is 4.90 Å². The van der Waals surface area contributed by atoms with Crippen LogP contribution >= 0.6 is 50.5 Å². The normalized spacial score (nSPS) is 17.2. The summed E-state index contributed by atoms with van der Waals surface area (Å²) in [4.78, 5) is 0.0628. The largest absolute Gasteiger partial charge is 0.247 e. The molecule has 1 aliphatic rings. The molecule has 0 aliphatic carbocycles. The van der Waals surface area contributed by atoms with Crippen LogP contribution in [0.15, 0.2) is 21.5 Å². The van der Waals surface area contributed by atoms with Crippen LogP contribution in [0.5, 0.6) is 0 Å².